The third-order valence-corrected chi connectivity index (χ3v) is 8.43. The van der Waals surface area contributed by atoms with Gasteiger partial charge in [0.2, 0.25) is 35.4 Å². The molecule has 0 unspecified atom stereocenters. The predicted molar refractivity (Wildman–Crippen MR) is 154 cm³/mol. The Labute approximate surface area is 244 Å². The first-order chi connectivity index (χ1) is 19.3. The van der Waals surface area contributed by atoms with Crippen LogP contribution in [-0.2, 0) is 28.8 Å². The van der Waals surface area contributed by atoms with Crippen LogP contribution in [0.4, 0.5) is 0 Å². The van der Waals surface area contributed by atoms with Crippen molar-refractivity contribution in [3.8, 4) is 0 Å². The highest BCUT2D eigenvalue weighted by Crippen LogP contribution is 2.22. The maximum atomic E-state index is 13.9. The van der Waals surface area contributed by atoms with Gasteiger partial charge in [0.1, 0.15) is 30.2 Å². The summed E-state index contributed by atoms with van der Waals surface area (Å²) in [5.74, 6) is -2.91. The Hall–Kier alpha value is -3.18. The molecule has 2 aliphatic heterocycles. The fraction of sp³-hybridized carbons (Fsp3) is 0.793. The lowest BCUT2D eigenvalue weighted by atomic mass is 9.94. The molecule has 12 heteroatoms. The molecule has 2 fully saturated rings. The van der Waals surface area contributed by atoms with Crippen LogP contribution in [0.25, 0.3) is 0 Å². The van der Waals surface area contributed by atoms with Crippen molar-refractivity contribution in [2.45, 2.75) is 110 Å². The number of rotatable bonds is 5. The molecule has 6 amide bonds. The third-order valence-electron chi connectivity index (χ3n) is 8.43. The summed E-state index contributed by atoms with van der Waals surface area (Å²) in [4.78, 5) is 84.5. The van der Waals surface area contributed by atoms with E-state index in [0.717, 1.165) is 0 Å². The molecule has 0 spiro atoms. The van der Waals surface area contributed by atoms with E-state index in [2.05, 4.69) is 16.0 Å². The van der Waals surface area contributed by atoms with E-state index in [9.17, 15) is 28.8 Å². The van der Waals surface area contributed by atoms with Crippen LogP contribution >= 0.6 is 0 Å². The Bertz CT molecular complexity index is 987. The van der Waals surface area contributed by atoms with Crippen molar-refractivity contribution in [2.24, 2.45) is 11.8 Å². The first-order valence-corrected chi connectivity index (χ1v) is 15.0. The number of fused-ring (bicyclic) bond motifs is 1. The third kappa shape index (κ3) is 8.19. The number of hydrogen-bond acceptors (Lipinski definition) is 6. The number of amides is 6. The van der Waals surface area contributed by atoms with E-state index in [1.807, 2.05) is 34.6 Å². The highest BCUT2D eigenvalue weighted by molar-refractivity contribution is 5.97. The molecular formula is C29H50N6O6. The molecule has 41 heavy (non-hydrogen) atoms. The number of nitrogens with zero attached hydrogens (tertiary/aromatic N) is 3. The van der Waals surface area contributed by atoms with Crippen LogP contribution in [-0.4, -0.2) is 108 Å². The van der Waals surface area contributed by atoms with Crippen LogP contribution in [0.2, 0.25) is 0 Å². The molecule has 6 atom stereocenters. The van der Waals surface area contributed by atoms with E-state index < -0.39 is 59.7 Å². The zero-order valence-corrected chi connectivity index (χ0v) is 26.0. The maximum Gasteiger partial charge on any atom is 0.246 e. The Kier molecular flexibility index (Phi) is 12.6. The predicted octanol–water partition coefficient (Wildman–Crippen LogP) is 0.643. The van der Waals surface area contributed by atoms with Crippen molar-refractivity contribution >= 4 is 35.4 Å². The fourth-order valence-electron chi connectivity index (χ4n) is 5.53. The second-order valence-electron chi connectivity index (χ2n) is 11.8. The number of hydrogen-bond donors (Lipinski definition) is 3. The summed E-state index contributed by atoms with van der Waals surface area (Å²) in [6.07, 6.45) is 2.67. The van der Waals surface area contributed by atoms with Gasteiger partial charge in [0.05, 0.1) is 0 Å². The van der Waals surface area contributed by atoms with Gasteiger partial charge in [-0.1, -0.05) is 47.5 Å². The molecular weight excluding hydrogens is 528 g/mol. The lowest BCUT2D eigenvalue weighted by molar-refractivity contribution is -0.151. The fourth-order valence-corrected chi connectivity index (χ4v) is 5.53. The van der Waals surface area contributed by atoms with Gasteiger partial charge in [-0.15, -0.1) is 0 Å². The zero-order valence-electron chi connectivity index (χ0n) is 26.0. The maximum absolute atomic E-state index is 13.9. The molecule has 2 rings (SSSR count). The molecule has 12 nitrogen and oxygen atoms in total. The Morgan fingerprint density at radius 3 is 2.12 bits per heavy atom. The van der Waals surface area contributed by atoms with E-state index in [-0.39, 0.29) is 30.7 Å². The summed E-state index contributed by atoms with van der Waals surface area (Å²) in [6.45, 7) is 11.3. The summed E-state index contributed by atoms with van der Waals surface area (Å²) in [6, 6.07) is -4.21. The van der Waals surface area contributed by atoms with Gasteiger partial charge in [0.15, 0.2) is 0 Å². The number of likely N-dealkylation sites (N-methyl/N-ethyl adjacent to an activating group) is 2. The molecule has 0 radical (unpaired) electrons. The second kappa shape index (κ2) is 15.2. The van der Waals surface area contributed by atoms with Crippen LogP contribution in [0.5, 0.6) is 0 Å². The first-order valence-electron chi connectivity index (χ1n) is 15.0. The van der Waals surface area contributed by atoms with Crippen LogP contribution in [0.3, 0.4) is 0 Å². The molecule has 0 aromatic rings. The standard InChI is InChI=1S/C29H50N6O6/c1-9-12-20-27(39)35-16-11-13-21(35)26(38)32-23(18(5)10-2)28(40)34(8)24(17(3)4)29(41)33(7)19(6)25(37)30-15-14-22(36)31-20/h17-21,23-24H,9-16H2,1-8H3,(H,30,37)(H,31,36)(H,32,38)/t18-,19-,20+,21-,23-,24-/m0/s1. The topological polar surface area (TPSA) is 148 Å². The van der Waals surface area contributed by atoms with Crippen molar-refractivity contribution < 1.29 is 28.8 Å². The van der Waals surface area contributed by atoms with Crippen LogP contribution in [0, 0.1) is 11.8 Å². The molecule has 2 aliphatic rings. The molecule has 2 heterocycles. The average molecular weight is 579 g/mol. The van der Waals surface area contributed by atoms with Crippen LogP contribution < -0.4 is 16.0 Å². The van der Waals surface area contributed by atoms with Crippen LogP contribution in [0.1, 0.15) is 80.1 Å². The molecule has 232 valence electrons. The zero-order chi connectivity index (χ0) is 31.0. The van der Waals surface area contributed by atoms with Gasteiger partial charge in [-0.25, -0.2) is 0 Å². The quantitative estimate of drug-likeness (QED) is 0.436. The van der Waals surface area contributed by atoms with E-state index in [1.54, 1.807) is 14.0 Å². The van der Waals surface area contributed by atoms with Gasteiger partial charge in [0, 0.05) is 33.6 Å². The molecule has 0 saturated carbocycles. The Balaban J connectivity index is 2.52. The van der Waals surface area contributed by atoms with E-state index in [4.69, 9.17) is 0 Å². The van der Waals surface area contributed by atoms with Gasteiger partial charge >= 0.3 is 0 Å². The van der Waals surface area contributed by atoms with Gasteiger partial charge in [-0.3, -0.25) is 28.8 Å². The second-order valence-corrected chi connectivity index (χ2v) is 11.8. The van der Waals surface area contributed by atoms with Gasteiger partial charge in [-0.05, 0) is 38.0 Å². The molecule has 0 aromatic carbocycles. The highest BCUT2D eigenvalue weighted by Gasteiger charge is 2.42. The smallest absolute Gasteiger partial charge is 0.246 e. The molecule has 0 aliphatic carbocycles. The van der Waals surface area contributed by atoms with Crippen LogP contribution in [0.15, 0.2) is 0 Å². The number of nitrogens with one attached hydrogen (secondary N) is 3. The summed E-state index contributed by atoms with van der Waals surface area (Å²) < 4.78 is 0. The van der Waals surface area contributed by atoms with Crippen molar-refractivity contribution in [1.29, 1.82) is 0 Å². The lowest BCUT2D eigenvalue weighted by Crippen LogP contribution is -2.61. The SMILES string of the molecule is CCC[C@H]1NC(=O)CCNC(=O)[C@H](C)N(C)C(=O)[C@H](C(C)C)N(C)C(=O)[C@H]([C@@H](C)CC)NC(=O)[C@@H]2CCCN2C1=O. The number of carbonyl (C=O) groups is 6. The minimum Gasteiger partial charge on any atom is -0.354 e. The molecule has 0 bridgehead atoms. The van der Waals surface area contributed by atoms with E-state index in [1.165, 1.54) is 21.7 Å². The molecule has 2 saturated heterocycles. The normalized spacial score (nSPS) is 28.9. The average Bonchev–Trinajstić information content (AvgIpc) is 3.43. The summed E-state index contributed by atoms with van der Waals surface area (Å²) >= 11 is 0. The summed E-state index contributed by atoms with van der Waals surface area (Å²) in [5, 5.41) is 8.39. The van der Waals surface area contributed by atoms with Crippen molar-refractivity contribution in [3.63, 3.8) is 0 Å². The minimum atomic E-state index is -0.914. The van der Waals surface area contributed by atoms with Gasteiger partial charge in [0.25, 0.3) is 0 Å². The van der Waals surface area contributed by atoms with Gasteiger partial charge in [-0.2, -0.15) is 0 Å². The van der Waals surface area contributed by atoms with Crippen molar-refractivity contribution in [1.82, 2.24) is 30.7 Å². The lowest BCUT2D eigenvalue weighted by Gasteiger charge is -2.38. The Morgan fingerprint density at radius 2 is 1.54 bits per heavy atom. The summed E-state index contributed by atoms with van der Waals surface area (Å²) in [7, 11) is 3.06. The highest BCUT2D eigenvalue weighted by atomic mass is 16.2. The largest absolute Gasteiger partial charge is 0.354 e. The number of carbonyl (C=O) groups excluding carboxylic acids is 6. The van der Waals surface area contributed by atoms with E-state index >= 15 is 0 Å². The monoisotopic (exact) mass is 578 g/mol. The van der Waals surface area contributed by atoms with Crippen molar-refractivity contribution in [3.05, 3.63) is 0 Å². The Morgan fingerprint density at radius 1 is 0.878 bits per heavy atom. The van der Waals surface area contributed by atoms with Gasteiger partial charge < -0.3 is 30.7 Å². The summed E-state index contributed by atoms with van der Waals surface area (Å²) in [5.41, 5.74) is 0. The molecule has 3 N–H and O–H groups in total. The van der Waals surface area contributed by atoms with Crippen molar-refractivity contribution in [2.75, 3.05) is 27.2 Å². The van der Waals surface area contributed by atoms with E-state index in [0.29, 0.717) is 38.6 Å². The molecule has 0 aromatic heterocycles. The minimum absolute atomic E-state index is 0.0292. The first kappa shape index (κ1) is 34.0.